The normalized spacial score (nSPS) is 23.6. The number of rotatable bonds is 12. The van der Waals surface area contributed by atoms with Crippen molar-refractivity contribution in [3.63, 3.8) is 0 Å². The molecule has 18 heteroatoms. The molecule has 5 aliphatic rings. The number of methoxy groups -OCH3 is 1. The maximum absolute atomic E-state index is 14.3. The molecule has 70 heavy (non-hydrogen) atoms. The van der Waals surface area contributed by atoms with E-state index >= 15 is 0 Å². The van der Waals surface area contributed by atoms with Gasteiger partial charge in [-0.05, 0) is 130 Å². The highest BCUT2D eigenvalue weighted by molar-refractivity contribution is 7.90. The molecule has 0 unspecified atom stereocenters. The molecule has 0 bridgehead atoms. The van der Waals surface area contributed by atoms with Crippen molar-refractivity contribution < 1.29 is 42.2 Å². The number of aromatic amines is 1. The lowest BCUT2D eigenvalue weighted by molar-refractivity contribution is -0.384. The summed E-state index contributed by atoms with van der Waals surface area (Å²) >= 11 is 0. The summed E-state index contributed by atoms with van der Waals surface area (Å²) in [5.41, 5.74) is 2.71. The number of pyridine rings is 1. The second-order valence-corrected chi connectivity index (χ2v) is 22.3. The lowest BCUT2D eigenvalue weighted by atomic mass is 9.59. The minimum absolute atomic E-state index is 0.0192. The molecule has 4 N–H and O–H groups in total. The average Bonchev–Trinajstić information content (AvgIpc) is 4.02. The van der Waals surface area contributed by atoms with Crippen LogP contribution in [0.4, 0.5) is 17.1 Å². The van der Waals surface area contributed by atoms with Gasteiger partial charge >= 0.3 is 5.97 Å². The summed E-state index contributed by atoms with van der Waals surface area (Å²) < 4.78 is 47.7. The summed E-state index contributed by atoms with van der Waals surface area (Å²) in [7, 11) is -3.54. The van der Waals surface area contributed by atoms with E-state index in [4.69, 9.17) is 14.2 Å². The van der Waals surface area contributed by atoms with Gasteiger partial charge in [-0.2, -0.15) is 0 Å². The van der Waals surface area contributed by atoms with Crippen LogP contribution in [0.3, 0.4) is 0 Å². The molecule has 10 rings (SSSR count). The topological polar surface area (TPSA) is 219 Å². The summed E-state index contributed by atoms with van der Waals surface area (Å²) in [6.07, 6.45) is 10.8. The Hall–Kier alpha value is -6.24. The number of hydrogen-bond donors (Lipinski definition) is 4. The van der Waals surface area contributed by atoms with Crippen LogP contribution in [0.1, 0.15) is 129 Å². The number of benzene rings is 3. The Labute approximate surface area is 407 Å². The Balaban J connectivity index is 0.892. The number of carbonyl (C=O) groups is 2. The number of nitro groups is 1. The van der Waals surface area contributed by atoms with E-state index in [1.165, 1.54) is 37.1 Å². The Bertz CT molecular complexity index is 2950. The molecule has 2 atom stereocenters. The number of carbonyl (C=O) groups excluding carboxylic acids is 2. The number of aliphatic hydroxyl groups is 1. The first-order valence-corrected chi connectivity index (χ1v) is 26.0. The zero-order chi connectivity index (χ0) is 49.1. The van der Waals surface area contributed by atoms with E-state index in [1.54, 1.807) is 37.4 Å². The zero-order valence-corrected chi connectivity index (χ0v) is 40.8. The number of nitro benzene ring substituents is 1. The third kappa shape index (κ3) is 9.16. The molecule has 3 aliphatic heterocycles. The van der Waals surface area contributed by atoms with Gasteiger partial charge in [0.05, 0.1) is 34.1 Å². The Morgan fingerprint density at radius 1 is 0.986 bits per heavy atom. The van der Waals surface area contributed by atoms with Crippen molar-refractivity contribution in [2.75, 3.05) is 43.6 Å². The highest BCUT2D eigenvalue weighted by Gasteiger charge is 2.50. The van der Waals surface area contributed by atoms with Gasteiger partial charge in [-0.25, -0.2) is 22.9 Å². The average molecular weight is 976 g/mol. The molecule has 2 aromatic heterocycles. The molecule has 4 fully saturated rings. The first kappa shape index (κ1) is 47.4. The zero-order valence-electron chi connectivity index (χ0n) is 40.0. The van der Waals surface area contributed by atoms with Gasteiger partial charge in [0.1, 0.15) is 18.0 Å². The van der Waals surface area contributed by atoms with Crippen molar-refractivity contribution in [3.05, 3.63) is 105 Å². The van der Waals surface area contributed by atoms with Crippen molar-refractivity contribution in [1.82, 2.24) is 19.6 Å². The van der Waals surface area contributed by atoms with E-state index in [9.17, 15) is 33.2 Å². The first-order chi connectivity index (χ1) is 33.5. The maximum atomic E-state index is 14.3. The molecule has 5 aromatic rings. The van der Waals surface area contributed by atoms with Crippen molar-refractivity contribution in [2.45, 2.75) is 120 Å². The fourth-order valence-electron chi connectivity index (χ4n) is 11.8. The van der Waals surface area contributed by atoms with Crippen LogP contribution >= 0.6 is 0 Å². The fourth-order valence-corrected chi connectivity index (χ4v) is 12.8. The van der Waals surface area contributed by atoms with Gasteiger partial charge in [0.2, 0.25) is 0 Å². The van der Waals surface area contributed by atoms with E-state index < -0.39 is 43.0 Å². The second-order valence-electron chi connectivity index (χ2n) is 20.7. The van der Waals surface area contributed by atoms with Crippen LogP contribution in [0.25, 0.3) is 11.0 Å². The molecule has 1 spiro atoms. The maximum Gasteiger partial charge on any atom is 0.360 e. The third-order valence-corrected chi connectivity index (χ3v) is 17.1. The summed E-state index contributed by atoms with van der Waals surface area (Å²) in [5.74, 6) is -1.41. The second kappa shape index (κ2) is 18.5. The SMILES string of the molecule is COC(=O)c1nc2[nH]ccc2cc1Oc1cc(N2CCC3(CC2)CC(N2CCC[C@H]2c2ccccc2C(C)C)C3)ccc1C(=O)NS(=O)(=O)c1cc2c(c([N+](=O)[O-])c1)N[C@@H]([C@H]1CC[C@](C)(O)CC1)CO2. The van der Waals surface area contributed by atoms with Crippen molar-refractivity contribution in [2.24, 2.45) is 11.3 Å². The van der Waals surface area contributed by atoms with Gasteiger partial charge in [-0.15, -0.1) is 0 Å². The van der Waals surface area contributed by atoms with Gasteiger partial charge < -0.3 is 34.5 Å². The molecule has 2 saturated carbocycles. The Morgan fingerprint density at radius 3 is 2.47 bits per heavy atom. The number of nitrogens with zero attached hydrogens (tertiary/aromatic N) is 4. The monoisotopic (exact) mass is 975 g/mol. The van der Waals surface area contributed by atoms with Crippen molar-refractivity contribution in [3.8, 4) is 17.2 Å². The predicted molar refractivity (Wildman–Crippen MR) is 263 cm³/mol. The number of ether oxygens (including phenoxy) is 3. The van der Waals surface area contributed by atoms with Gasteiger partial charge in [0.25, 0.3) is 21.6 Å². The minimum Gasteiger partial charge on any atom is -0.489 e. The van der Waals surface area contributed by atoms with Crippen LogP contribution in [-0.4, -0.2) is 96.2 Å². The lowest BCUT2D eigenvalue weighted by Crippen LogP contribution is -2.54. The fraction of sp³-hybridized carbons (Fsp3) is 0.481. The highest BCUT2D eigenvalue weighted by Crippen LogP contribution is 2.54. The Kier molecular flexibility index (Phi) is 12.5. The van der Waals surface area contributed by atoms with Gasteiger partial charge in [-0.3, -0.25) is 19.8 Å². The Morgan fingerprint density at radius 2 is 1.74 bits per heavy atom. The van der Waals surface area contributed by atoms with Crippen molar-refractivity contribution in [1.29, 1.82) is 0 Å². The summed E-state index contributed by atoms with van der Waals surface area (Å²) in [5, 5.41) is 26.8. The van der Waals surface area contributed by atoms with Gasteiger partial charge in [0, 0.05) is 60.6 Å². The van der Waals surface area contributed by atoms with Crippen LogP contribution in [0.2, 0.25) is 0 Å². The standard InChI is InChI=1S/C52H61N7O10S/c1-31(2)37-8-5-6-9-38(37)41-10-7-21-58(41)35-28-52(29-35)18-22-57(23-19-52)34-11-12-39(43(25-34)69-45-24-33-15-20-53-48(33)55-47(45)50(61)67-4)49(60)56-70(65,66)36-26-42(59(63)64)46-44(27-36)68-30-40(54-46)32-13-16-51(3,62)17-14-32/h5-6,8-9,11-12,15,20,24-27,31-32,35,40-41,54,62H,7,10,13-14,16-19,21-23,28-30H2,1-4H3,(H,53,55)(H,56,60)/t32-,40-,41+,51-/m1/s1. The number of amides is 1. The van der Waals surface area contributed by atoms with Gasteiger partial charge in [-0.1, -0.05) is 38.1 Å². The number of piperidine rings is 1. The number of anilines is 2. The van der Waals surface area contributed by atoms with Crippen LogP contribution in [0, 0.1) is 21.4 Å². The molecule has 5 heterocycles. The predicted octanol–water partition coefficient (Wildman–Crippen LogP) is 8.99. The summed E-state index contributed by atoms with van der Waals surface area (Å²) in [6, 6.07) is 19.9. The summed E-state index contributed by atoms with van der Waals surface area (Å²) in [6.45, 7) is 9.10. The molecule has 2 saturated heterocycles. The number of aromatic nitrogens is 2. The minimum atomic E-state index is -4.76. The van der Waals surface area contributed by atoms with Crippen LogP contribution in [-0.2, 0) is 14.8 Å². The van der Waals surface area contributed by atoms with E-state index in [1.807, 2.05) is 0 Å². The summed E-state index contributed by atoms with van der Waals surface area (Å²) in [4.78, 5) is 51.0. The van der Waals surface area contributed by atoms with E-state index in [0.717, 1.165) is 63.1 Å². The molecule has 0 radical (unpaired) electrons. The molecule has 3 aromatic carbocycles. The largest absolute Gasteiger partial charge is 0.489 e. The first-order valence-electron chi connectivity index (χ1n) is 24.5. The van der Waals surface area contributed by atoms with E-state index in [-0.39, 0.29) is 58.2 Å². The third-order valence-electron chi connectivity index (χ3n) is 15.8. The number of hydrogen-bond acceptors (Lipinski definition) is 14. The molecular formula is C52H61N7O10S. The van der Waals surface area contributed by atoms with Crippen LogP contribution in [0.5, 0.6) is 17.2 Å². The lowest BCUT2D eigenvalue weighted by Gasteiger charge is -2.56. The van der Waals surface area contributed by atoms with E-state index in [2.05, 4.69) is 67.9 Å². The van der Waals surface area contributed by atoms with Crippen LogP contribution < -0.4 is 24.4 Å². The number of fused-ring (bicyclic) bond motifs is 2. The number of H-pyrrole nitrogens is 1. The van der Waals surface area contributed by atoms with Crippen LogP contribution in [0.15, 0.2) is 77.8 Å². The van der Waals surface area contributed by atoms with Crippen molar-refractivity contribution >= 4 is 50.0 Å². The smallest absolute Gasteiger partial charge is 0.360 e. The number of sulfonamides is 1. The molecule has 370 valence electrons. The number of nitrogens with one attached hydrogen (secondary N) is 3. The number of likely N-dealkylation sites (tertiary alicyclic amines) is 1. The molecule has 2 aliphatic carbocycles. The molecular weight excluding hydrogens is 915 g/mol. The van der Waals surface area contributed by atoms with Gasteiger partial charge in [0.15, 0.2) is 22.9 Å². The quantitative estimate of drug-likeness (QED) is 0.0521. The molecule has 1 amide bonds. The highest BCUT2D eigenvalue weighted by atomic mass is 32.2. The van der Waals surface area contributed by atoms with E-state index in [0.29, 0.717) is 54.7 Å². The molecule has 17 nitrogen and oxygen atoms in total. The number of esters is 1.